The zero-order chi connectivity index (χ0) is 19.7. The summed E-state index contributed by atoms with van der Waals surface area (Å²) < 4.78 is 29.1. The molecule has 0 unspecified atom stereocenters. The molecule has 146 valence electrons. The highest BCUT2D eigenvalue weighted by atomic mass is 32.2. The van der Waals surface area contributed by atoms with Gasteiger partial charge in [-0.2, -0.15) is 0 Å². The van der Waals surface area contributed by atoms with Crippen LogP contribution < -0.4 is 5.32 Å². The molecule has 0 spiro atoms. The first-order chi connectivity index (χ1) is 12.6. The lowest BCUT2D eigenvalue weighted by molar-refractivity contribution is -0.118. The maximum absolute atomic E-state index is 12.0. The van der Waals surface area contributed by atoms with Gasteiger partial charge in [-0.05, 0) is 36.0 Å². The summed E-state index contributed by atoms with van der Waals surface area (Å²) in [7, 11) is -3.20. The smallest absolute Gasteiger partial charge is 0.277 e. The average Bonchev–Trinajstić information content (AvgIpc) is 3.19. The van der Waals surface area contributed by atoms with Gasteiger partial charge in [0.25, 0.3) is 5.22 Å². The van der Waals surface area contributed by atoms with Gasteiger partial charge in [-0.1, -0.05) is 44.7 Å². The summed E-state index contributed by atoms with van der Waals surface area (Å²) in [6.07, 6.45) is 1.05. The largest absolute Gasteiger partial charge is 0.411 e. The van der Waals surface area contributed by atoms with Gasteiger partial charge in [-0.3, -0.25) is 4.79 Å². The van der Waals surface area contributed by atoms with Crippen molar-refractivity contribution in [3.05, 3.63) is 29.8 Å². The molecule has 2 aromatic rings. The van der Waals surface area contributed by atoms with E-state index in [2.05, 4.69) is 36.3 Å². The summed E-state index contributed by atoms with van der Waals surface area (Å²) in [5.74, 6) is 0.185. The van der Waals surface area contributed by atoms with Crippen molar-refractivity contribution in [1.29, 1.82) is 0 Å². The van der Waals surface area contributed by atoms with Crippen molar-refractivity contribution in [3.63, 3.8) is 0 Å². The van der Waals surface area contributed by atoms with E-state index in [1.807, 2.05) is 24.3 Å². The Morgan fingerprint density at radius 1 is 1.26 bits per heavy atom. The van der Waals surface area contributed by atoms with Crippen LogP contribution in [0.4, 0.5) is 0 Å². The van der Waals surface area contributed by atoms with Crippen LogP contribution >= 0.6 is 11.8 Å². The van der Waals surface area contributed by atoms with Crippen molar-refractivity contribution in [2.24, 2.45) is 0 Å². The Bertz CT molecular complexity index is 915. The van der Waals surface area contributed by atoms with E-state index in [4.69, 9.17) is 4.42 Å². The Balaban J connectivity index is 1.57. The number of carbonyl (C=O) groups is 1. The Kier molecular flexibility index (Phi) is 5.62. The lowest BCUT2D eigenvalue weighted by Crippen LogP contribution is -2.38. The minimum Gasteiger partial charge on any atom is -0.411 e. The van der Waals surface area contributed by atoms with Crippen molar-refractivity contribution < 1.29 is 17.6 Å². The quantitative estimate of drug-likeness (QED) is 0.758. The summed E-state index contributed by atoms with van der Waals surface area (Å²) >= 11 is 1.09. The number of nitrogens with one attached hydrogen (secondary N) is 1. The number of thioether (sulfide) groups is 1. The number of benzene rings is 1. The molecule has 0 aliphatic carbocycles. The van der Waals surface area contributed by atoms with Crippen molar-refractivity contribution >= 4 is 27.5 Å². The number of aromatic nitrogens is 2. The van der Waals surface area contributed by atoms with Crippen molar-refractivity contribution in [2.75, 3.05) is 11.5 Å². The van der Waals surface area contributed by atoms with E-state index in [1.54, 1.807) is 0 Å². The number of hydrogen-bond donors (Lipinski definition) is 1. The molecule has 0 bridgehead atoms. The predicted octanol–water partition coefficient (Wildman–Crippen LogP) is 2.78. The minimum absolute atomic E-state index is 0.0244. The molecule has 1 aliphatic heterocycles. The Morgan fingerprint density at radius 2 is 1.96 bits per heavy atom. The highest BCUT2D eigenvalue weighted by Gasteiger charge is 2.32. The molecule has 1 fully saturated rings. The molecule has 1 aliphatic rings. The zero-order valence-corrected chi connectivity index (χ0v) is 17.2. The molecule has 7 nitrogen and oxygen atoms in total. The molecule has 1 aromatic heterocycles. The first kappa shape index (κ1) is 19.9. The molecule has 1 aromatic carbocycles. The molecular formula is C18H23N3O4S2. The number of sulfone groups is 1. The lowest BCUT2D eigenvalue weighted by Gasteiger charge is -2.18. The van der Waals surface area contributed by atoms with Crippen molar-refractivity contribution in [1.82, 2.24) is 15.5 Å². The fraction of sp³-hybridized carbons (Fsp3) is 0.500. The van der Waals surface area contributed by atoms with E-state index < -0.39 is 15.2 Å². The molecule has 2 heterocycles. The summed E-state index contributed by atoms with van der Waals surface area (Å²) in [5, 5.41) is 10.0. The minimum atomic E-state index is -3.20. The van der Waals surface area contributed by atoms with Crippen LogP contribution in [0, 0.1) is 0 Å². The fourth-order valence-electron chi connectivity index (χ4n) is 2.80. The maximum Gasteiger partial charge on any atom is 0.277 e. The Labute approximate surface area is 163 Å². The van der Waals surface area contributed by atoms with Gasteiger partial charge in [0.1, 0.15) is 5.37 Å². The third-order valence-corrected chi connectivity index (χ3v) is 7.28. The third kappa shape index (κ3) is 4.90. The third-order valence-electron chi connectivity index (χ3n) is 4.38. The van der Waals surface area contributed by atoms with Crippen LogP contribution in [-0.4, -0.2) is 41.4 Å². The summed E-state index contributed by atoms with van der Waals surface area (Å²) in [5.41, 5.74) is 2.08. The van der Waals surface area contributed by atoms with Crippen LogP contribution in [0.2, 0.25) is 0 Å². The Hall–Kier alpha value is -1.87. The van der Waals surface area contributed by atoms with Crippen molar-refractivity contribution in [3.8, 4) is 11.5 Å². The average molecular weight is 410 g/mol. The van der Waals surface area contributed by atoms with E-state index in [0.29, 0.717) is 18.7 Å². The number of carbonyl (C=O) groups excluding carboxylic acids is 1. The second-order valence-corrected chi connectivity index (χ2v) is 10.8. The first-order valence-corrected chi connectivity index (χ1v) is 11.4. The summed E-state index contributed by atoms with van der Waals surface area (Å²) in [6, 6.07) is 7.92. The van der Waals surface area contributed by atoms with Gasteiger partial charge in [0.15, 0.2) is 9.84 Å². The second-order valence-electron chi connectivity index (χ2n) is 7.55. The predicted molar refractivity (Wildman–Crippen MR) is 104 cm³/mol. The monoisotopic (exact) mass is 409 g/mol. The highest BCUT2D eigenvalue weighted by molar-refractivity contribution is 7.99. The highest BCUT2D eigenvalue weighted by Crippen LogP contribution is 2.27. The van der Waals surface area contributed by atoms with Crippen LogP contribution in [0.5, 0.6) is 0 Å². The summed E-state index contributed by atoms with van der Waals surface area (Å²) in [4.78, 5) is 12.0. The molecule has 1 N–H and O–H groups in total. The molecule has 1 saturated heterocycles. The van der Waals surface area contributed by atoms with Crippen LogP contribution in [0.25, 0.3) is 11.5 Å². The maximum atomic E-state index is 12.0. The fourth-order valence-corrected chi connectivity index (χ4v) is 5.06. The van der Waals surface area contributed by atoms with Gasteiger partial charge in [0, 0.05) is 5.56 Å². The molecule has 9 heteroatoms. The summed E-state index contributed by atoms with van der Waals surface area (Å²) in [6.45, 7) is 6.43. The number of amides is 1. The van der Waals surface area contributed by atoms with Crippen LogP contribution in [0.15, 0.2) is 33.9 Å². The van der Waals surface area contributed by atoms with E-state index in [9.17, 15) is 13.2 Å². The van der Waals surface area contributed by atoms with Gasteiger partial charge in [-0.25, -0.2) is 8.42 Å². The van der Waals surface area contributed by atoms with Crippen LogP contribution in [0.1, 0.15) is 39.2 Å². The molecule has 0 radical (unpaired) electrons. The van der Waals surface area contributed by atoms with E-state index in [0.717, 1.165) is 17.3 Å². The van der Waals surface area contributed by atoms with Crippen molar-refractivity contribution in [2.45, 2.75) is 49.6 Å². The molecule has 1 atom stereocenters. The standard InChI is InChI=1S/C18H23N3O4S2/c1-18(2,3)13-8-6-12(7-9-13)16-20-21-17(25-16)26-11-14(22)19-15-5-4-10-27(15,23)24/h6-9,15H,4-5,10-11H2,1-3H3,(H,19,22)/t15-/m1/s1. The number of rotatable bonds is 5. The molecular weight excluding hydrogens is 386 g/mol. The number of hydrogen-bond acceptors (Lipinski definition) is 7. The lowest BCUT2D eigenvalue weighted by atomic mass is 9.87. The van der Waals surface area contributed by atoms with Gasteiger partial charge in [0.05, 0.1) is 11.5 Å². The van der Waals surface area contributed by atoms with Gasteiger partial charge in [0.2, 0.25) is 11.8 Å². The molecule has 1 amide bonds. The molecule has 0 saturated carbocycles. The van der Waals surface area contributed by atoms with E-state index in [1.165, 1.54) is 5.56 Å². The zero-order valence-electron chi connectivity index (χ0n) is 15.6. The van der Waals surface area contributed by atoms with Gasteiger partial charge in [-0.15, -0.1) is 10.2 Å². The van der Waals surface area contributed by atoms with Gasteiger partial charge >= 0.3 is 0 Å². The van der Waals surface area contributed by atoms with Crippen LogP contribution in [0.3, 0.4) is 0 Å². The normalized spacial score (nSPS) is 19.1. The van der Waals surface area contributed by atoms with E-state index >= 15 is 0 Å². The Morgan fingerprint density at radius 3 is 2.56 bits per heavy atom. The molecule has 27 heavy (non-hydrogen) atoms. The van der Waals surface area contributed by atoms with Crippen LogP contribution in [-0.2, 0) is 20.0 Å². The van der Waals surface area contributed by atoms with Gasteiger partial charge < -0.3 is 9.73 Å². The van der Waals surface area contributed by atoms with E-state index in [-0.39, 0.29) is 28.1 Å². The second kappa shape index (κ2) is 7.63. The molecule has 3 rings (SSSR count). The SMILES string of the molecule is CC(C)(C)c1ccc(-c2nnc(SCC(=O)N[C@H]3CCCS3(=O)=O)o2)cc1. The first-order valence-electron chi connectivity index (χ1n) is 8.73. The topological polar surface area (TPSA) is 102 Å². The number of nitrogens with zero attached hydrogens (tertiary/aromatic N) is 2.